The van der Waals surface area contributed by atoms with Crippen molar-refractivity contribution in [3.63, 3.8) is 0 Å². The molecule has 5 nitrogen and oxygen atoms in total. The zero-order valence-corrected chi connectivity index (χ0v) is 20.3. The number of amides is 1. The molecule has 2 atom stereocenters. The van der Waals surface area contributed by atoms with Crippen LogP contribution >= 0.6 is 0 Å². The molecule has 5 rings (SSSR count). The van der Waals surface area contributed by atoms with Crippen LogP contribution in [-0.4, -0.2) is 52.1 Å². The van der Waals surface area contributed by atoms with E-state index in [1.54, 1.807) is 23.1 Å². The van der Waals surface area contributed by atoms with E-state index in [4.69, 9.17) is 0 Å². The Morgan fingerprint density at radius 2 is 1.79 bits per heavy atom. The molecule has 2 aromatic carbocycles. The molecule has 178 valence electrons. The second-order valence-corrected chi connectivity index (χ2v) is 9.97. The predicted molar refractivity (Wildman–Crippen MR) is 131 cm³/mol. The number of aromatic hydroxyl groups is 2. The number of piperidine rings is 1. The lowest BCUT2D eigenvalue weighted by atomic mass is 9.62. The van der Waals surface area contributed by atoms with Gasteiger partial charge in [-0.1, -0.05) is 32.0 Å². The Bertz CT molecular complexity index is 970. The van der Waals surface area contributed by atoms with E-state index in [-0.39, 0.29) is 17.1 Å². The van der Waals surface area contributed by atoms with Gasteiger partial charge in [0, 0.05) is 38.0 Å². The molecular weight excluding hydrogens is 412 g/mol. The molecule has 2 unspecified atom stereocenters. The average Bonchev–Trinajstić information content (AvgIpc) is 3.63. The summed E-state index contributed by atoms with van der Waals surface area (Å²) in [6.07, 6.45) is 6.17. The minimum absolute atomic E-state index is 0.138. The number of carbonyl (C=O) groups excluding carboxylic acids is 1. The van der Waals surface area contributed by atoms with Gasteiger partial charge in [-0.15, -0.1) is 0 Å². The number of benzene rings is 2. The lowest BCUT2D eigenvalue weighted by molar-refractivity contribution is -0.132. The first-order valence-corrected chi connectivity index (χ1v) is 12.5. The van der Waals surface area contributed by atoms with Crippen LogP contribution in [-0.2, 0) is 23.2 Å². The van der Waals surface area contributed by atoms with Gasteiger partial charge in [0.1, 0.15) is 11.5 Å². The summed E-state index contributed by atoms with van der Waals surface area (Å²) in [4.78, 5) is 17.8. The van der Waals surface area contributed by atoms with E-state index < -0.39 is 0 Å². The summed E-state index contributed by atoms with van der Waals surface area (Å²) in [6.45, 7) is 6.76. The van der Waals surface area contributed by atoms with Gasteiger partial charge in [-0.3, -0.25) is 9.69 Å². The van der Waals surface area contributed by atoms with Gasteiger partial charge in [-0.25, -0.2) is 0 Å². The lowest BCUT2D eigenvalue weighted by Gasteiger charge is -2.51. The number of likely N-dealkylation sites (tertiary alicyclic amines) is 1. The van der Waals surface area contributed by atoms with Crippen molar-refractivity contribution in [3.8, 4) is 11.5 Å². The van der Waals surface area contributed by atoms with Crippen molar-refractivity contribution in [2.45, 2.75) is 70.4 Å². The summed E-state index contributed by atoms with van der Waals surface area (Å²) >= 11 is 0. The molecule has 5 heteroatoms. The third-order valence-electron chi connectivity index (χ3n) is 7.60. The van der Waals surface area contributed by atoms with Gasteiger partial charge in [-0.2, -0.15) is 0 Å². The maximum absolute atomic E-state index is 13.3. The van der Waals surface area contributed by atoms with Crippen LogP contribution < -0.4 is 0 Å². The second-order valence-electron chi connectivity index (χ2n) is 9.97. The number of hydrogen-bond acceptors (Lipinski definition) is 4. The highest BCUT2D eigenvalue weighted by atomic mass is 16.3. The number of phenols is 2. The Labute approximate surface area is 198 Å². The van der Waals surface area contributed by atoms with Gasteiger partial charge in [0.2, 0.25) is 5.91 Å². The Balaban J connectivity index is 0.00000126. The minimum Gasteiger partial charge on any atom is -0.508 e. The second kappa shape index (κ2) is 9.76. The van der Waals surface area contributed by atoms with Crippen LogP contribution in [0.5, 0.6) is 11.5 Å². The highest BCUT2D eigenvalue weighted by molar-refractivity contribution is 5.78. The Morgan fingerprint density at radius 3 is 2.48 bits per heavy atom. The normalized spacial score (nSPS) is 23.8. The molecule has 1 saturated carbocycles. The summed E-state index contributed by atoms with van der Waals surface area (Å²) in [5.74, 6) is 1.53. The molecule has 0 spiro atoms. The summed E-state index contributed by atoms with van der Waals surface area (Å²) in [5, 5.41) is 19.7. The summed E-state index contributed by atoms with van der Waals surface area (Å²) in [6, 6.07) is 13.3. The molecule has 2 aromatic rings. The SMILES string of the molecule is CC.CN(Cc1ccc(O)cc1)C(=O)CC12CCN(CC3CC3)C(Cc3ccc(O)cc31)C2. The maximum atomic E-state index is 13.3. The first kappa shape index (κ1) is 23.6. The van der Waals surface area contributed by atoms with Crippen molar-refractivity contribution < 1.29 is 15.0 Å². The van der Waals surface area contributed by atoms with Crippen LogP contribution in [0.1, 0.15) is 62.6 Å². The van der Waals surface area contributed by atoms with Crippen LogP contribution in [0.3, 0.4) is 0 Å². The number of rotatable bonds is 6. The molecule has 33 heavy (non-hydrogen) atoms. The summed E-state index contributed by atoms with van der Waals surface area (Å²) in [5.41, 5.74) is 3.28. The average molecular weight is 451 g/mol. The number of fused-ring (bicyclic) bond motifs is 4. The number of nitrogens with zero attached hydrogens (tertiary/aromatic N) is 2. The fourth-order valence-corrected chi connectivity index (χ4v) is 5.67. The van der Waals surface area contributed by atoms with Gasteiger partial charge in [0.15, 0.2) is 0 Å². The lowest BCUT2D eigenvalue weighted by Crippen LogP contribution is -2.54. The number of carbonyl (C=O) groups is 1. The van der Waals surface area contributed by atoms with E-state index in [0.717, 1.165) is 37.3 Å². The third-order valence-corrected chi connectivity index (χ3v) is 7.60. The Morgan fingerprint density at radius 1 is 1.09 bits per heavy atom. The predicted octanol–water partition coefficient (Wildman–Crippen LogP) is 4.84. The van der Waals surface area contributed by atoms with Crippen molar-refractivity contribution in [1.82, 2.24) is 9.80 Å². The largest absolute Gasteiger partial charge is 0.508 e. The number of phenolic OH excluding ortho intramolecular Hbond substituents is 2. The molecule has 2 aliphatic carbocycles. The van der Waals surface area contributed by atoms with Gasteiger partial charge >= 0.3 is 0 Å². The first-order chi connectivity index (χ1) is 15.9. The highest BCUT2D eigenvalue weighted by Crippen LogP contribution is 2.49. The molecule has 2 fully saturated rings. The Kier molecular flexibility index (Phi) is 6.99. The van der Waals surface area contributed by atoms with Crippen LogP contribution in [0, 0.1) is 5.92 Å². The first-order valence-electron chi connectivity index (χ1n) is 12.5. The van der Waals surface area contributed by atoms with Crippen molar-refractivity contribution in [3.05, 3.63) is 59.2 Å². The molecular formula is C28H38N2O3. The molecule has 1 aliphatic heterocycles. The van der Waals surface area contributed by atoms with Crippen LogP contribution in [0.15, 0.2) is 42.5 Å². The van der Waals surface area contributed by atoms with Crippen molar-refractivity contribution in [2.75, 3.05) is 20.1 Å². The van der Waals surface area contributed by atoms with E-state index >= 15 is 0 Å². The van der Waals surface area contributed by atoms with E-state index in [2.05, 4.69) is 11.0 Å². The summed E-state index contributed by atoms with van der Waals surface area (Å²) in [7, 11) is 1.86. The molecule has 2 N–H and O–H groups in total. The maximum Gasteiger partial charge on any atom is 0.223 e. The molecule has 1 amide bonds. The van der Waals surface area contributed by atoms with Crippen LogP contribution in [0.4, 0.5) is 0 Å². The molecule has 2 bridgehead atoms. The highest BCUT2D eigenvalue weighted by Gasteiger charge is 2.47. The summed E-state index contributed by atoms with van der Waals surface area (Å²) < 4.78 is 0. The number of hydrogen-bond donors (Lipinski definition) is 2. The van der Waals surface area contributed by atoms with Gasteiger partial charge in [0.25, 0.3) is 0 Å². The fraction of sp³-hybridized carbons (Fsp3) is 0.536. The van der Waals surface area contributed by atoms with Gasteiger partial charge in [0.05, 0.1) is 0 Å². The van der Waals surface area contributed by atoms with Crippen molar-refractivity contribution >= 4 is 5.91 Å². The van der Waals surface area contributed by atoms with E-state index in [1.807, 2.05) is 39.1 Å². The third kappa shape index (κ3) is 5.19. The van der Waals surface area contributed by atoms with Crippen LogP contribution in [0.2, 0.25) is 0 Å². The minimum atomic E-state index is -0.197. The smallest absolute Gasteiger partial charge is 0.223 e. The molecule has 0 radical (unpaired) electrons. The zero-order chi connectivity index (χ0) is 23.6. The monoisotopic (exact) mass is 450 g/mol. The molecule has 1 heterocycles. The molecule has 1 saturated heterocycles. The molecule has 0 aromatic heterocycles. The van der Waals surface area contributed by atoms with Gasteiger partial charge < -0.3 is 15.1 Å². The standard InChI is InChI=1S/C26H32N2O3.C2H6/c1-27(16-18-4-7-22(29)8-5-18)25(31)15-26-10-11-28(17-19-2-3-19)21(14-26)12-20-6-9-23(30)13-24(20)26;1-2/h4-9,13,19,21,29-30H,2-3,10-12,14-17H2,1H3;1-2H3. The zero-order valence-electron chi connectivity index (χ0n) is 20.3. The quantitative estimate of drug-likeness (QED) is 0.661. The molecule has 3 aliphatic rings. The van der Waals surface area contributed by atoms with Crippen molar-refractivity contribution in [1.29, 1.82) is 0 Å². The van der Waals surface area contributed by atoms with E-state index in [9.17, 15) is 15.0 Å². The van der Waals surface area contributed by atoms with Crippen molar-refractivity contribution in [2.24, 2.45) is 5.92 Å². The van der Waals surface area contributed by atoms with Gasteiger partial charge in [-0.05, 0) is 85.5 Å². The topological polar surface area (TPSA) is 64.0 Å². The Hall–Kier alpha value is -2.53. The fourth-order valence-electron chi connectivity index (χ4n) is 5.67. The van der Waals surface area contributed by atoms with Crippen LogP contribution in [0.25, 0.3) is 0 Å². The van der Waals surface area contributed by atoms with E-state index in [1.165, 1.54) is 30.5 Å². The van der Waals surface area contributed by atoms with E-state index in [0.29, 0.717) is 24.8 Å².